The number of unbranched alkanes of at least 4 members (excludes halogenated alkanes) is 1. The highest BCUT2D eigenvalue weighted by molar-refractivity contribution is 5.76. The van der Waals surface area contributed by atoms with E-state index in [1.54, 1.807) is 16.4 Å². The number of hydrogen-bond acceptors (Lipinski definition) is 5. The first-order chi connectivity index (χ1) is 15.9. The first-order valence-corrected chi connectivity index (χ1v) is 12.0. The second-order valence-corrected chi connectivity index (χ2v) is 9.16. The zero-order valence-corrected chi connectivity index (χ0v) is 19.6. The van der Waals surface area contributed by atoms with Crippen LogP contribution in [0.5, 0.6) is 5.75 Å². The van der Waals surface area contributed by atoms with Crippen LogP contribution in [0.15, 0.2) is 21.9 Å². The smallest absolute Gasteiger partial charge is 0.274 e. The Hall–Kier alpha value is -2.87. The average Bonchev–Trinajstić information content (AvgIpc) is 3.07. The van der Waals surface area contributed by atoms with E-state index in [1.807, 2.05) is 19.1 Å². The zero-order valence-electron chi connectivity index (χ0n) is 19.6. The third-order valence-corrected chi connectivity index (χ3v) is 6.73. The van der Waals surface area contributed by atoms with Crippen molar-refractivity contribution in [2.24, 2.45) is 4.99 Å². The fourth-order valence-electron chi connectivity index (χ4n) is 4.97. The summed E-state index contributed by atoms with van der Waals surface area (Å²) in [4.78, 5) is 33.7. The Morgan fingerprint density at radius 1 is 1.33 bits per heavy atom. The minimum absolute atomic E-state index is 0.0248. The fraction of sp³-hybridized carbons (Fsp3) is 0.560. The highest BCUT2D eigenvalue weighted by Crippen LogP contribution is 2.34. The van der Waals surface area contributed by atoms with E-state index in [-0.39, 0.29) is 17.5 Å². The molecule has 8 nitrogen and oxygen atoms in total. The van der Waals surface area contributed by atoms with Gasteiger partial charge in [-0.25, -0.2) is 4.99 Å². The number of fused-ring (bicyclic) bond motifs is 2. The molecule has 1 atom stereocenters. The molecule has 178 valence electrons. The monoisotopic (exact) mass is 454 g/mol. The van der Waals surface area contributed by atoms with Crippen molar-refractivity contribution in [3.8, 4) is 5.75 Å². The Morgan fingerprint density at radius 2 is 2.09 bits per heavy atom. The molecule has 1 fully saturated rings. The lowest BCUT2D eigenvalue weighted by Gasteiger charge is -2.36. The zero-order chi connectivity index (χ0) is 23.5. The number of amides is 1. The molecule has 1 unspecified atom stereocenters. The van der Waals surface area contributed by atoms with Crippen LogP contribution in [0.1, 0.15) is 69.4 Å². The van der Waals surface area contributed by atoms with E-state index in [0.29, 0.717) is 37.0 Å². The molecule has 33 heavy (non-hydrogen) atoms. The summed E-state index contributed by atoms with van der Waals surface area (Å²) in [6, 6.07) is 4.06. The van der Waals surface area contributed by atoms with Gasteiger partial charge in [-0.3, -0.25) is 14.6 Å². The van der Waals surface area contributed by atoms with Crippen molar-refractivity contribution in [3.63, 3.8) is 0 Å². The Bertz CT molecular complexity index is 1170. The Morgan fingerprint density at radius 3 is 2.82 bits per heavy atom. The summed E-state index contributed by atoms with van der Waals surface area (Å²) in [5.41, 5.74) is 3.00. The number of rotatable bonds is 8. The van der Waals surface area contributed by atoms with Gasteiger partial charge in [0.25, 0.3) is 5.56 Å². The molecule has 2 aromatic rings. The molecule has 4 rings (SSSR count). The van der Waals surface area contributed by atoms with Crippen molar-refractivity contribution in [2.75, 3.05) is 6.61 Å². The van der Waals surface area contributed by atoms with E-state index in [9.17, 15) is 14.7 Å². The number of aliphatic hydroxyl groups is 1. The van der Waals surface area contributed by atoms with Gasteiger partial charge in [0.2, 0.25) is 11.5 Å². The number of hydrogen-bond donors (Lipinski definition) is 2. The Balaban J connectivity index is 1.35. The van der Waals surface area contributed by atoms with E-state index in [2.05, 4.69) is 16.6 Å². The van der Waals surface area contributed by atoms with Gasteiger partial charge in [0.1, 0.15) is 17.3 Å². The predicted molar refractivity (Wildman–Crippen MR) is 126 cm³/mol. The van der Waals surface area contributed by atoms with Crippen molar-refractivity contribution in [3.05, 3.63) is 44.6 Å². The minimum Gasteiger partial charge on any atom is -0.493 e. The fourth-order valence-corrected chi connectivity index (χ4v) is 4.97. The van der Waals surface area contributed by atoms with Crippen LogP contribution in [-0.2, 0) is 11.3 Å². The van der Waals surface area contributed by atoms with Crippen molar-refractivity contribution in [2.45, 2.75) is 84.0 Å². The lowest BCUT2D eigenvalue weighted by atomic mass is 9.93. The molecule has 1 amide bonds. The maximum absolute atomic E-state index is 12.8. The van der Waals surface area contributed by atoms with Gasteiger partial charge in [0.15, 0.2) is 0 Å². The summed E-state index contributed by atoms with van der Waals surface area (Å²) >= 11 is 0. The third kappa shape index (κ3) is 4.90. The van der Waals surface area contributed by atoms with Crippen molar-refractivity contribution in [1.82, 2.24) is 14.5 Å². The maximum atomic E-state index is 12.8. The predicted octanol–water partition coefficient (Wildman–Crippen LogP) is 2.26. The van der Waals surface area contributed by atoms with E-state index < -0.39 is 6.23 Å². The van der Waals surface area contributed by atoms with E-state index in [0.717, 1.165) is 54.7 Å². The van der Waals surface area contributed by atoms with E-state index >= 15 is 0 Å². The number of benzene rings is 1. The van der Waals surface area contributed by atoms with Gasteiger partial charge in [-0.15, -0.1) is 0 Å². The molecule has 1 aromatic heterocycles. The maximum Gasteiger partial charge on any atom is 0.274 e. The van der Waals surface area contributed by atoms with Crippen molar-refractivity contribution < 1.29 is 14.6 Å². The summed E-state index contributed by atoms with van der Waals surface area (Å²) in [5, 5.41) is 10.5. The number of H-pyrrole nitrogens is 1. The lowest BCUT2D eigenvalue weighted by Crippen LogP contribution is -2.46. The number of ether oxygens (including phenoxy) is 1. The largest absolute Gasteiger partial charge is 0.493 e. The molecule has 0 saturated heterocycles. The average molecular weight is 455 g/mol. The summed E-state index contributed by atoms with van der Waals surface area (Å²) in [6.07, 6.45) is 6.51. The second kappa shape index (κ2) is 9.95. The van der Waals surface area contributed by atoms with Gasteiger partial charge in [-0.1, -0.05) is 31.9 Å². The number of imidazole rings is 1. The van der Waals surface area contributed by atoms with Crippen LogP contribution in [0.4, 0.5) is 5.69 Å². The molecule has 1 aliphatic heterocycles. The molecule has 0 spiro atoms. The number of aryl methyl sites for hydroxylation is 1. The molecule has 2 heterocycles. The number of aliphatic hydroxyl groups excluding tert-OH is 1. The molecule has 2 aliphatic rings. The highest BCUT2D eigenvalue weighted by Gasteiger charge is 2.28. The highest BCUT2D eigenvalue weighted by atomic mass is 16.5. The minimum atomic E-state index is -0.748. The van der Waals surface area contributed by atoms with Crippen LogP contribution in [-0.4, -0.2) is 44.3 Å². The van der Waals surface area contributed by atoms with Crippen LogP contribution in [0.2, 0.25) is 0 Å². The molecule has 1 aromatic carbocycles. The summed E-state index contributed by atoms with van der Waals surface area (Å²) in [7, 11) is 0. The molecule has 0 radical (unpaired) electrons. The summed E-state index contributed by atoms with van der Waals surface area (Å²) < 4.78 is 7.92. The van der Waals surface area contributed by atoms with E-state index in [4.69, 9.17) is 4.74 Å². The second-order valence-electron chi connectivity index (χ2n) is 9.16. The molecule has 0 bridgehead atoms. The Kier molecular flexibility index (Phi) is 7.02. The molecular formula is C25H34N4O4. The Labute approximate surface area is 193 Å². The number of carbonyl (C=O) groups is 1. The molecule has 1 aliphatic carbocycles. The van der Waals surface area contributed by atoms with Gasteiger partial charge in [-0.2, -0.15) is 0 Å². The van der Waals surface area contributed by atoms with Gasteiger partial charge < -0.3 is 19.3 Å². The molecule has 2 N–H and O–H groups in total. The van der Waals surface area contributed by atoms with Crippen LogP contribution < -0.4 is 21.3 Å². The summed E-state index contributed by atoms with van der Waals surface area (Å²) in [6.45, 7) is 8.48. The van der Waals surface area contributed by atoms with Crippen LogP contribution in [0, 0.1) is 6.92 Å². The molecule has 1 saturated carbocycles. The number of aromatic nitrogens is 2. The number of carbonyl (C=O) groups excluding carboxylic acids is 1. The van der Waals surface area contributed by atoms with Crippen LogP contribution in [0.3, 0.4) is 0 Å². The lowest BCUT2D eigenvalue weighted by molar-refractivity contribution is -0.145. The van der Waals surface area contributed by atoms with Crippen LogP contribution in [0.25, 0.3) is 6.58 Å². The van der Waals surface area contributed by atoms with Gasteiger partial charge in [0, 0.05) is 18.0 Å². The first kappa shape index (κ1) is 23.3. The standard InChI is InChI=1S/C25H34N4O4/c1-16-12-13-21-20(15-28-17(2)24(32)27-25(28)26-21)23(16)33-14-8-7-11-22(31)29(18(3)30)19-9-5-4-6-10-19/h12-13,18-19,30H,2,4-11,14-15H2,1,3H3,(H,26,27,32). The normalized spacial score (nSPS) is 16.5. The molecular weight excluding hydrogens is 420 g/mol. The third-order valence-electron chi connectivity index (χ3n) is 6.73. The van der Waals surface area contributed by atoms with Gasteiger partial charge in [-0.05, 0) is 51.2 Å². The first-order valence-electron chi connectivity index (χ1n) is 12.0. The van der Waals surface area contributed by atoms with Gasteiger partial charge >= 0.3 is 0 Å². The topological polar surface area (TPSA) is 99.9 Å². The number of nitrogens with one attached hydrogen (secondary N) is 1. The van der Waals surface area contributed by atoms with Crippen molar-refractivity contribution >= 4 is 18.2 Å². The van der Waals surface area contributed by atoms with Crippen LogP contribution >= 0.6 is 0 Å². The number of nitrogens with zero attached hydrogens (tertiary/aromatic N) is 3. The van der Waals surface area contributed by atoms with E-state index in [1.165, 1.54) is 6.42 Å². The number of aromatic amines is 1. The molecule has 8 heteroatoms. The quantitative estimate of drug-likeness (QED) is 0.403. The van der Waals surface area contributed by atoms with Crippen molar-refractivity contribution in [1.29, 1.82) is 0 Å². The SMILES string of the molecule is C=c1c(=O)[nH]c2n1Cc1c(ccc(C)c1OCCCCC(=O)N(C(C)O)C1CCCCC1)N=2. The van der Waals surface area contributed by atoms with Gasteiger partial charge in [0.05, 0.1) is 18.8 Å². The summed E-state index contributed by atoms with van der Waals surface area (Å²) in [5.74, 6) is 0.804.